The minimum absolute atomic E-state index is 0.160. The topological polar surface area (TPSA) is 109 Å². The second-order valence-corrected chi connectivity index (χ2v) is 9.14. The second-order valence-electron chi connectivity index (χ2n) is 8.10. The fraction of sp³-hybridized carbons (Fsp3) is 0.227. The molecule has 5 rings (SSSR count). The molecule has 8 nitrogen and oxygen atoms in total. The number of nitrogens with zero attached hydrogens (tertiary/aromatic N) is 5. The molecule has 1 amide bonds. The van der Waals surface area contributed by atoms with Gasteiger partial charge in [-0.3, -0.25) is 4.79 Å². The van der Waals surface area contributed by atoms with Gasteiger partial charge in [0.05, 0.1) is 25.1 Å². The highest BCUT2D eigenvalue weighted by Crippen LogP contribution is 2.47. The molecule has 1 aromatic carbocycles. The maximum absolute atomic E-state index is 15.2. The number of nitrogens with one attached hydrogen (secondary N) is 1. The molecule has 2 aromatic heterocycles. The second kappa shape index (κ2) is 8.80. The first-order chi connectivity index (χ1) is 16.7. The quantitative estimate of drug-likeness (QED) is 0.527. The van der Waals surface area contributed by atoms with Crippen molar-refractivity contribution in [2.24, 2.45) is 16.6 Å². The summed E-state index contributed by atoms with van der Waals surface area (Å²) in [6.07, 6.45) is 2.81. The van der Waals surface area contributed by atoms with Gasteiger partial charge in [-0.25, -0.2) is 37.5 Å². The van der Waals surface area contributed by atoms with Crippen LogP contribution in [0.25, 0.3) is 0 Å². The Hall–Kier alpha value is -3.74. The van der Waals surface area contributed by atoms with Crippen LogP contribution in [0.5, 0.6) is 0 Å². The lowest BCUT2D eigenvalue weighted by molar-refractivity contribution is 0.101. The van der Waals surface area contributed by atoms with Crippen molar-refractivity contribution in [1.29, 1.82) is 0 Å². The molecule has 2 aliphatic heterocycles. The zero-order valence-electron chi connectivity index (χ0n) is 17.9. The summed E-state index contributed by atoms with van der Waals surface area (Å²) in [5, 5.41) is 2.74. The number of benzene rings is 1. The van der Waals surface area contributed by atoms with Gasteiger partial charge >= 0.3 is 0 Å². The number of amides is 1. The molecule has 180 valence electrons. The van der Waals surface area contributed by atoms with Crippen LogP contribution < -0.4 is 16.0 Å². The summed E-state index contributed by atoms with van der Waals surface area (Å²) < 4.78 is 55.7. The smallest absolute Gasteiger partial charge is 0.277 e. The molecule has 0 radical (unpaired) electrons. The van der Waals surface area contributed by atoms with Crippen molar-refractivity contribution in [2.45, 2.75) is 5.54 Å². The normalized spacial score (nSPS) is 21.4. The molecule has 1 saturated heterocycles. The molecular formula is C22H17F4N7OS. The van der Waals surface area contributed by atoms with Gasteiger partial charge in [-0.2, -0.15) is 0 Å². The van der Waals surface area contributed by atoms with E-state index in [9.17, 15) is 18.0 Å². The van der Waals surface area contributed by atoms with Crippen molar-refractivity contribution in [3.8, 4) is 0 Å². The van der Waals surface area contributed by atoms with Gasteiger partial charge < -0.3 is 16.0 Å². The fourth-order valence-corrected chi connectivity index (χ4v) is 5.31. The molecule has 3 aromatic rings. The van der Waals surface area contributed by atoms with Crippen LogP contribution in [0.15, 0.2) is 47.8 Å². The number of amidine groups is 1. The summed E-state index contributed by atoms with van der Waals surface area (Å²) in [5.41, 5.74) is 4.63. The van der Waals surface area contributed by atoms with Crippen molar-refractivity contribution >= 4 is 34.5 Å². The van der Waals surface area contributed by atoms with E-state index < -0.39 is 40.4 Å². The molecule has 35 heavy (non-hydrogen) atoms. The van der Waals surface area contributed by atoms with E-state index in [0.717, 1.165) is 24.7 Å². The number of nitrogens with two attached hydrogens (primary N) is 1. The number of anilines is 2. The molecule has 2 atom stereocenters. The lowest BCUT2D eigenvalue weighted by atomic mass is 9.81. The molecule has 0 aliphatic carbocycles. The molecule has 2 aliphatic rings. The van der Waals surface area contributed by atoms with E-state index in [0.29, 0.717) is 18.4 Å². The number of rotatable bonds is 4. The summed E-state index contributed by atoms with van der Waals surface area (Å²) in [6.45, 7) is 0.573. The first-order valence-electron chi connectivity index (χ1n) is 10.4. The maximum Gasteiger partial charge on any atom is 0.277 e. The van der Waals surface area contributed by atoms with Gasteiger partial charge in [-0.1, -0.05) is 11.8 Å². The number of fused-ring (bicyclic) bond motifs is 1. The number of pyridine rings is 1. The van der Waals surface area contributed by atoms with Gasteiger partial charge in [0, 0.05) is 35.5 Å². The largest absolute Gasteiger partial charge is 0.379 e. The summed E-state index contributed by atoms with van der Waals surface area (Å²) in [5.74, 6) is -3.54. The molecular weight excluding hydrogens is 486 g/mol. The molecule has 4 heterocycles. The highest BCUT2D eigenvalue weighted by atomic mass is 32.2. The van der Waals surface area contributed by atoms with E-state index in [1.165, 1.54) is 23.9 Å². The number of halogens is 4. The minimum atomic E-state index is -1.13. The Labute approximate surface area is 200 Å². The van der Waals surface area contributed by atoms with Gasteiger partial charge in [0.25, 0.3) is 5.91 Å². The Kier molecular flexibility index (Phi) is 5.79. The summed E-state index contributed by atoms with van der Waals surface area (Å²) in [7, 11) is 0. The van der Waals surface area contributed by atoms with Gasteiger partial charge in [0.15, 0.2) is 22.5 Å². The molecule has 3 N–H and O–H groups in total. The van der Waals surface area contributed by atoms with E-state index in [4.69, 9.17) is 5.73 Å². The number of carbonyl (C=O) groups is 1. The van der Waals surface area contributed by atoms with Crippen LogP contribution in [-0.2, 0) is 5.54 Å². The van der Waals surface area contributed by atoms with Crippen LogP contribution in [0.1, 0.15) is 16.1 Å². The lowest BCUT2D eigenvalue weighted by Gasteiger charge is -2.35. The molecule has 1 fully saturated rings. The first kappa shape index (κ1) is 23.0. The zero-order valence-corrected chi connectivity index (χ0v) is 18.7. The summed E-state index contributed by atoms with van der Waals surface area (Å²) >= 11 is 1.34. The highest BCUT2D eigenvalue weighted by Gasteiger charge is 2.52. The third-order valence-corrected chi connectivity index (χ3v) is 6.85. The summed E-state index contributed by atoms with van der Waals surface area (Å²) in [4.78, 5) is 30.5. The molecule has 0 spiro atoms. The first-order valence-corrected chi connectivity index (χ1v) is 11.4. The van der Waals surface area contributed by atoms with Crippen molar-refractivity contribution in [3.63, 3.8) is 0 Å². The molecule has 0 unspecified atom stereocenters. The van der Waals surface area contributed by atoms with Gasteiger partial charge in [0.1, 0.15) is 17.2 Å². The molecule has 13 heteroatoms. The SMILES string of the molecule is NC1=N[C@@]2(c3cc(NC(=O)c4ncc(F)cc4F)ccc3F)CN(c3ncc(F)cn3)C[C@H]2CS1. The Morgan fingerprint density at radius 1 is 1.06 bits per heavy atom. The predicted molar refractivity (Wildman–Crippen MR) is 122 cm³/mol. The Balaban J connectivity index is 1.50. The standard InChI is InChI=1S/C22H17F4N7OS/c23-12-3-17(26)18(28-5-12)19(34)31-14-1-2-16(25)15(4-14)22-10-33(21-29-6-13(24)7-30-21)8-11(22)9-35-20(27)32-22/h1-7,11H,8-10H2,(H2,27,32)(H,31,34)/t11-,22-/m0/s1. The van der Waals surface area contributed by atoms with Crippen LogP contribution in [0.4, 0.5) is 29.2 Å². The van der Waals surface area contributed by atoms with E-state index in [1.54, 1.807) is 4.90 Å². The van der Waals surface area contributed by atoms with Crippen LogP contribution in [0.3, 0.4) is 0 Å². The van der Waals surface area contributed by atoms with Crippen molar-refractivity contribution in [2.75, 3.05) is 29.1 Å². The predicted octanol–water partition coefficient (Wildman–Crippen LogP) is 3.07. The van der Waals surface area contributed by atoms with Gasteiger partial charge in [-0.15, -0.1) is 0 Å². The van der Waals surface area contributed by atoms with Crippen molar-refractivity contribution in [3.05, 3.63) is 77.4 Å². The number of aliphatic imine (C=N–C) groups is 1. The van der Waals surface area contributed by atoms with Crippen molar-refractivity contribution in [1.82, 2.24) is 15.0 Å². The van der Waals surface area contributed by atoms with Gasteiger partial charge in [0.2, 0.25) is 5.95 Å². The molecule has 0 saturated carbocycles. The van der Waals surface area contributed by atoms with Crippen LogP contribution in [0.2, 0.25) is 0 Å². The van der Waals surface area contributed by atoms with Crippen molar-refractivity contribution < 1.29 is 22.4 Å². The summed E-state index contributed by atoms with van der Waals surface area (Å²) in [6, 6.07) is 4.42. The van der Waals surface area contributed by atoms with E-state index in [2.05, 4.69) is 25.3 Å². The van der Waals surface area contributed by atoms with Gasteiger partial charge in [-0.05, 0) is 18.2 Å². The maximum atomic E-state index is 15.2. The number of hydrogen-bond acceptors (Lipinski definition) is 8. The third-order valence-electron chi connectivity index (χ3n) is 5.89. The average Bonchev–Trinajstić information content (AvgIpc) is 3.20. The van der Waals surface area contributed by atoms with E-state index >= 15 is 4.39 Å². The molecule has 0 bridgehead atoms. The fourth-order valence-electron chi connectivity index (χ4n) is 4.33. The number of aromatic nitrogens is 3. The van der Waals surface area contributed by atoms with Crippen LogP contribution >= 0.6 is 11.8 Å². The Morgan fingerprint density at radius 3 is 2.54 bits per heavy atom. The monoisotopic (exact) mass is 503 g/mol. The highest BCUT2D eigenvalue weighted by molar-refractivity contribution is 8.13. The zero-order chi connectivity index (χ0) is 24.7. The average molecular weight is 503 g/mol. The number of hydrogen-bond donors (Lipinski definition) is 2. The Bertz CT molecular complexity index is 1340. The minimum Gasteiger partial charge on any atom is -0.379 e. The Morgan fingerprint density at radius 2 is 1.80 bits per heavy atom. The number of thioether (sulfide) groups is 1. The van der Waals surface area contributed by atoms with E-state index in [-0.39, 0.29) is 34.8 Å². The van der Waals surface area contributed by atoms with Crippen LogP contribution in [-0.4, -0.2) is 44.9 Å². The third kappa shape index (κ3) is 4.27. The lowest BCUT2D eigenvalue weighted by Crippen LogP contribution is -2.40. The van der Waals surface area contributed by atoms with Crippen LogP contribution in [0, 0.1) is 29.2 Å². The van der Waals surface area contributed by atoms with E-state index in [1.807, 2.05) is 0 Å². The number of carbonyl (C=O) groups excluding carboxylic acids is 1.